The summed E-state index contributed by atoms with van der Waals surface area (Å²) in [5, 5.41) is 13.6. The molecular weight excluding hydrogens is 364 g/mol. The number of aryl methyl sites for hydroxylation is 1. The molecule has 1 N–H and O–H groups in total. The Labute approximate surface area is 141 Å². The van der Waals surface area contributed by atoms with E-state index in [1.807, 2.05) is 0 Å². The fourth-order valence-electron chi connectivity index (χ4n) is 1.90. The molecule has 0 unspecified atom stereocenters. The summed E-state index contributed by atoms with van der Waals surface area (Å²) in [4.78, 5) is 22.7. The number of carbonyl (C=O) groups is 1. The molecule has 0 aromatic heterocycles. The van der Waals surface area contributed by atoms with Gasteiger partial charge in [0.25, 0.3) is 11.6 Å². The average molecular weight is 379 g/mol. The van der Waals surface area contributed by atoms with Crippen molar-refractivity contribution >= 4 is 33.2 Å². The first-order valence-electron chi connectivity index (χ1n) is 6.85. The average Bonchev–Trinajstić information content (AvgIpc) is 2.51. The summed E-state index contributed by atoms with van der Waals surface area (Å²) in [6.07, 6.45) is -0.794. The van der Waals surface area contributed by atoms with Crippen molar-refractivity contribution in [2.75, 3.05) is 5.32 Å². The van der Waals surface area contributed by atoms with E-state index in [0.29, 0.717) is 5.75 Å². The number of benzene rings is 2. The van der Waals surface area contributed by atoms with Crippen molar-refractivity contribution in [1.82, 2.24) is 0 Å². The number of hydrogen-bond donors (Lipinski definition) is 1. The van der Waals surface area contributed by atoms with Gasteiger partial charge in [-0.3, -0.25) is 14.9 Å². The zero-order valence-electron chi connectivity index (χ0n) is 12.6. The van der Waals surface area contributed by atoms with Gasteiger partial charge in [-0.15, -0.1) is 0 Å². The second-order valence-electron chi connectivity index (χ2n) is 4.98. The topological polar surface area (TPSA) is 81.5 Å². The lowest BCUT2D eigenvalue weighted by atomic mass is 10.2. The molecule has 0 aliphatic rings. The summed E-state index contributed by atoms with van der Waals surface area (Å²) in [7, 11) is 0. The lowest BCUT2D eigenvalue weighted by Gasteiger charge is -2.15. The molecule has 0 aliphatic carbocycles. The monoisotopic (exact) mass is 378 g/mol. The van der Waals surface area contributed by atoms with Crippen molar-refractivity contribution in [1.29, 1.82) is 0 Å². The second kappa shape index (κ2) is 7.23. The van der Waals surface area contributed by atoms with Crippen LogP contribution >= 0.6 is 15.9 Å². The van der Waals surface area contributed by atoms with E-state index >= 15 is 0 Å². The number of nitrogens with one attached hydrogen (secondary N) is 1. The number of nitro groups is 1. The Balaban J connectivity index is 2.09. The minimum atomic E-state index is -0.794. The number of carbonyl (C=O) groups excluding carboxylic acids is 1. The van der Waals surface area contributed by atoms with E-state index in [4.69, 9.17) is 4.74 Å². The second-order valence-corrected chi connectivity index (χ2v) is 5.90. The molecule has 0 radical (unpaired) electrons. The summed E-state index contributed by atoms with van der Waals surface area (Å²) < 4.78 is 6.42. The van der Waals surface area contributed by atoms with E-state index in [1.54, 1.807) is 44.2 Å². The normalized spacial score (nSPS) is 11.6. The van der Waals surface area contributed by atoms with Crippen molar-refractivity contribution < 1.29 is 14.5 Å². The summed E-state index contributed by atoms with van der Waals surface area (Å²) in [5.74, 6) is 0.0779. The molecular formula is C16H15BrN2O4. The van der Waals surface area contributed by atoms with Crippen molar-refractivity contribution in [3.63, 3.8) is 0 Å². The number of nitrogens with zero attached hydrogens (tertiary/aromatic N) is 1. The van der Waals surface area contributed by atoms with Crippen molar-refractivity contribution in [2.24, 2.45) is 0 Å². The zero-order valence-corrected chi connectivity index (χ0v) is 14.2. The molecule has 0 saturated carbocycles. The highest BCUT2D eigenvalue weighted by Gasteiger charge is 2.20. The van der Waals surface area contributed by atoms with E-state index in [0.717, 1.165) is 10.0 Å². The van der Waals surface area contributed by atoms with Crippen LogP contribution in [-0.2, 0) is 4.79 Å². The minimum Gasteiger partial charge on any atom is -0.481 e. The summed E-state index contributed by atoms with van der Waals surface area (Å²) >= 11 is 3.31. The van der Waals surface area contributed by atoms with Gasteiger partial charge in [0.1, 0.15) is 11.4 Å². The number of nitro benzene ring substituents is 1. The van der Waals surface area contributed by atoms with Crippen LogP contribution in [0.3, 0.4) is 0 Å². The molecule has 2 aromatic rings. The van der Waals surface area contributed by atoms with E-state index in [2.05, 4.69) is 21.2 Å². The highest BCUT2D eigenvalue weighted by atomic mass is 79.9. The van der Waals surface area contributed by atoms with Gasteiger partial charge in [-0.2, -0.15) is 0 Å². The molecule has 2 aromatic carbocycles. The quantitative estimate of drug-likeness (QED) is 0.627. The van der Waals surface area contributed by atoms with Gasteiger partial charge in [-0.25, -0.2) is 0 Å². The molecule has 1 atom stereocenters. The molecule has 23 heavy (non-hydrogen) atoms. The molecule has 0 spiro atoms. The number of halogens is 1. The largest absolute Gasteiger partial charge is 0.481 e. The van der Waals surface area contributed by atoms with E-state index in [9.17, 15) is 14.9 Å². The first-order valence-corrected chi connectivity index (χ1v) is 7.64. The molecule has 2 rings (SSSR count). The van der Waals surface area contributed by atoms with Gasteiger partial charge < -0.3 is 10.1 Å². The smallest absolute Gasteiger partial charge is 0.293 e. The molecule has 0 bridgehead atoms. The van der Waals surface area contributed by atoms with Gasteiger partial charge >= 0.3 is 0 Å². The van der Waals surface area contributed by atoms with Crippen LogP contribution in [0.4, 0.5) is 11.4 Å². The Morgan fingerprint density at radius 1 is 1.26 bits per heavy atom. The van der Waals surface area contributed by atoms with Crippen LogP contribution in [-0.4, -0.2) is 16.9 Å². The van der Waals surface area contributed by atoms with Crippen LogP contribution in [0, 0.1) is 17.0 Å². The lowest BCUT2D eigenvalue weighted by Crippen LogP contribution is -2.30. The molecule has 6 nitrogen and oxygen atoms in total. The third-order valence-electron chi connectivity index (χ3n) is 3.10. The van der Waals surface area contributed by atoms with Gasteiger partial charge in [-0.1, -0.05) is 22.0 Å². The van der Waals surface area contributed by atoms with Crippen molar-refractivity contribution in [3.8, 4) is 5.75 Å². The van der Waals surface area contributed by atoms with E-state index < -0.39 is 16.9 Å². The number of rotatable bonds is 5. The van der Waals surface area contributed by atoms with Gasteiger partial charge in [0.05, 0.1) is 4.92 Å². The highest BCUT2D eigenvalue weighted by Crippen LogP contribution is 2.25. The van der Waals surface area contributed by atoms with Gasteiger partial charge in [-0.05, 0) is 49.7 Å². The maximum absolute atomic E-state index is 12.2. The number of anilines is 1. The fourth-order valence-corrected chi connectivity index (χ4v) is 2.17. The molecule has 0 saturated heterocycles. The van der Waals surface area contributed by atoms with Crippen LogP contribution in [0.15, 0.2) is 46.9 Å². The SMILES string of the molecule is Cc1ccc(NC(=O)[C@H](C)Oc2ccc(Br)cc2)c([N+](=O)[O-])c1. The first-order chi connectivity index (χ1) is 10.9. The van der Waals surface area contributed by atoms with Gasteiger partial charge in [0.15, 0.2) is 6.10 Å². The maximum atomic E-state index is 12.2. The van der Waals surface area contributed by atoms with Crippen LogP contribution < -0.4 is 10.1 Å². The number of ether oxygens (including phenoxy) is 1. The Morgan fingerprint density at radius 2 is 1.91 bits per heavy atom. The molecule has 0 aliphatic heterocycles. The Kier molecular flexibility index (Phi) is 5.33. The van der Waals surface area contributed by atoms with Crippen LogP contribution in [0.1, 0.15) is 12.5 Å². The molecule has 120 valence electrons. The van der Waals surface area contributed by atoms with Crippen LogP contribution in [0.2, 0.25) is 0 Å². The number of amides is 1. The van der Waals surface area contributed by atoms with Crippen molar-refractivity contribution in [2.45, 2.75) is 20.0 Å². The third-order valence-corrected chi connectivity index (χ3v) is 3.63. The van der Waals surface area contributed by atoms with Gasteiger partial charge in [0.2, 0.25) is 0 Å². The minimum absolute atomic E-state index is 0.144. The first kappa shape index (κ1) is 17.0. The molecule has 0 heterocycles. The lowest BCUT2D eigenvalue weighted by molar-refractivity contribution is -0.384. The molecule has 7 heteroatoms. The van der Waals surface area contributed by atoms with Crippen LogP contribution in [0.25, 0.3) is 0 Å². The van der Waals surface area contributed by atoms with Gasteiger partial charge in [0, 0.05) is 10.5 Å². The zero-order chi connectivity index (χ0) is 17.0. The van der Waals surface area contributed by atoms with E-state index in [1.165, 1.54) is 12.1 Å². The summed E-state index contributed by atoms with van der Waals surface area (Å²) in [6.45, 7) is 3.33. The highest BCUT2D eigenvalue weighted by molar-refractivity contribution is 9.10. The molecule has 1 amide bonds. The van der Waals surface area contributed by atoms with Crippen molar-refractivity contribution in [3.05, 3.63) is 62.6 Å². The third kappa shape index (κ3) is 4.53. The summed E-state index contributed by atoms with van der Waals surface area (Å²) in [6, 6.07) is 11.7. The summed E-state index contributed by atoms with van der Waals surface area (Å²) in [5.41, 5.74) is 0.750. The Hall–Kier alpha value is -2.41. The molecule has 0 fully saturated rings. The maximum Gasteiger partial charge on any atom is 0.293 e. The fraction of sp³-hybridized carbons (Fsp3) is 0.188. The number of hydrogen-bond acceptors (Lipinski definition) is 4. The van der Waals surface area contributed by atoms with Crippen LogP contribution in [0.5, 0.6) is 5.75 Å². The standard InChI is InChI=1S/C16H15BrN2O4/c1-10-3-8-14(15(9-10)19(21)22)18-16(20)11(2)23-13-6-4-12(17)5-7-13/h3-9,11H,1-2H3,(H,18,20)/t11-/m0/s1. The predicted octanol–water partition coefficient (Wildman–Crippen LogP) is 4.07. The Morgan fingerprint density at radius 3 is 2.52 bits per heavy atom. The Bertz CT molecular complexity index is 731. The predicted molar refractivity (Wildman–Crippen MR) is 90.7 cm³/mol. The van der Waals surface area contributed by atoms with E-state index in [-0.39, 0.29) is 11.4 Å².